The summed E-state index contributed by atoms with van der Waals surface area (Å²) in [4.78, 5) is 17.1. The van der Waals surface area contributed by atoms with Gasteiger partial charge < -0.3 is 5.32 Å². The van der Waals surface area contributed by atoms with Crippen LogP contribution >= 0.6 is 0 Å². The van der Waals surface area contributed by atoms with Crippen LogP contribution in [0.5, 0.6) is 0 Å². The Morgan fingerprint density at radius 3 is 1.58 bits per heavy atom. The molecule has 43 heavy (non-hydrogen) atoms. The molecule has 0 saturated carbocycles. The molecule has 3 N–H and O–H groups in total. The number of rotatable bonds is 10. The van der Waals surface area contributed by atoms with Gasteiger partial charge in [-0.2, -0.15) is 16.8 Å². The number of carbonyl (C=O) groups excluding carboxylic acids is 1. The predicted octanol–water partition coefficient (Wildman–Crippen LogP) is 2.60. The van der Waals surface area contributed by atoms with E-state index in [9.17, 15) is 30.7 Å². The van der Waals surface area contributed by atoms with E-state index in [2.05, 4.69) is 30.9 Å². The van der Waals surface area contributed by atoms with Gasteiger partial charge in [-0.05, 0) is 67.1 Å². The second-order valence-electron chi connectivity index (χ2n) is 9.27. The summed E-state index contributed by atoms with van der Waals surface area (Å²) in [7, 11) is -8.71. The average molecular weight is 625 g/mol. The topological polar surface area (TPSA) is 212 Å². The summed E-state index contributed by atoms with van der Waals surface area (Å²) >= 11 is 0. The molecule has 0 fully saturated rings. The molecule has 1 amide bonds. The fourth-order valence-electron chi connectivity index (χ4n) is 3.96. The van der Waals surface area contributed by atoms with E-state index in [-0.39, 0.29) is 21.3 Å². The molecule has 0 radical (unpaired) electrons. The average Bonchev–Trinajstić information content (AvgIpc) is 3.67. The van der Waals surface area contributed by atoms with Gasteiger partial charge in [0.1, 0.15) is 11.4 Å². The van der Waals surface area contributed by atoms with Crippen molar-refractivity contribution in [1.29, 1.82) is 0 Å². The molecule has 3 aromatic heterocycles. The largest absolute Gasteiger partial charge is 0.352 e. The van der Waals surface area contributed by atoms with Gasteiger partial charge in [-0.25, -0.2) is 14.3 Å². The summed E-state index contributed by atoms with van der Waals surface area (Å²) in [5, 5.41) is 19.4. The van der Waals surface area contributed by atoms with E-state index < -0.39 is 20.2 Å². The number of unbranched alkanes of at least 4 members (excludes halogenated alkanes) is 1. The number of nitrogens with zero attached hydrogens (tertiary/aromatic N) is 7. The minimum atomic E-state index is -4.36. The molecule has 15 nitrogen and oxygen atoms in total. The Morgan fingerprint density at radius 2 is 1.19 bits per heavy atom. The predicted molar refractivity (Wildman–Crippen MR) is 152 cm³/mol. The molecule has 0 bridgehead atoms. The van der Waals surface area contributed by atoms with Gasteiger partial charge in [-0.3, -0.25) is 13.9 Å². The Balaban J connectivity index is 1.50. The monoisotopic (exact) mass is 624 g/mol. The van der Waals surface area contributed by atoms with Crippen LogP contribution in [0.3, 0.4) is 0 Å². The van der Waals surface area contributed by atoms with Crippen LogP contribution in [0.4, 0.5) is 0 Å². The third kappa shape index (κ3) is 6.81. The van der Waals surface area contributed by atoms with Gasteiger partial charge in [-0.15, -0.1) is 10.2 Å². The number of pyridine rings is 1. The quantitative estimate of drug-likeness (QED) is 0.151. The van der Waals surface area contributed by atoms with Gasteiger partial charge in [0.15, 0.2) is 0 Å². The zero-order valence-electron chi connectivity index (χ0n) is 22.4. The molecule has 222 valence electrons. The summed E-state index contributed by atoms with van der Waals surface area (Å²) in [6, 6.07) is 13.8. The van der Waals surface area contributed by atoms with Crippen molar-refractivity contribution in [2.45, 2.75) is 29.6 Å². The Labute approximate surface area is 245 Å². The maximum atomic E-state index is 13.0. The van der Waals surface area contributed by atoms with Gasteiger partial charge >= 0.3 is 0 Å². The lowest BCUT2D eigenvalue weighted by Crippen LogP contribution is -2.24. The van der Waals surface area contributed by atoms with E-state index in [1.165, 1.54) is 57.9 Å². The SMILES string of the molecule is CCCCNC(=O)c1cc(-c2cn(-c3ccc(S(=O)(=O)O)cc3)nn2)nc(-c2cn(-c3ccc(S(=O)(=O)O)cc3)nn2)c1. The third-order valence-corrected chi connectivity index (χ3v) is 7.95. The molecule has 2 aromatic carbocycles. The first-order valence-electron chi connectivity index (χ1n) is 12.7. The van der Waals surface area contributed by atoms with Crippen molar-refractivity contribution in [2.75, 3.05) is 6.54 Å². The lowest BCUT2D eigenvalue weighted by molar-refractivity contribution is 0.0953. The number of benzene rings is 2. The first kappa shape index (κ1) is 29.6. The van der Waals surface area contributed by atoms with Crippen molar-refractivity contribution >= 4 is 26.1 Å². The van der Waals surface area contributed by atoms with E-state index in [0.717, 1.165) is 12.8 Å². The Hall–Kier alpha value is -4.84. The Bertz CT molecular complexity index is 1870. The maximum absolute atomic E-state index is 13.0. The molecule has 0 unspecified atom stereocenters. The standard InChI is InChI=1S/C26H24N8O7S2/c1-2-3-12-27-26(35)17-13-22(24-15-33(31-29-24)18-4-8-20(9-5-18)42(36,37)38)28-23(14-17)25-16-34(32-30-25)19-6-10-21(11-7-19)43(39,40)41/h4-11,13-16H,2-3,12H2,1H3,(H,27,35)(H,36,37,38)(H,39,40,41). The van der Waals surface area contributed by atoms with E-state index in [1.54, 1.807) is 24.5 Å². The van der Waals surface area contributed by atoms with Gasteiger partial charge in [0, 0.05) is 12.1 Å². The highest BCUT2D eigenvalue weighted by molar-refractivity contribution is 7.86. The van der Waals surface area contributed by atoms with Gasteiger partial charge in [-0.1, -0.05) is 23.8 Å². The highest BCUT2D eigenvalue weighted by Crippen LogP contribution is 2.24. The normalized spacial score (nSPS) is 11.9. The summed E-state index contributed by atoms with van der Waals surface area (Å²) in [6.07, 6.45) is 4.78. The zero-order valence-corrected chi connectivity index (χ0v) is 24.1. The number of amides is 1. The van der Waals surface area contributed by atoms with Crippen molar-refractivity contribution < 1.29 is 30.7 Å². The second-order valence-corrected chi connectivity index (χ2v) is 12.1. The number of carbonyl (C=O) groups is 1. The third-order valence-electron chi connectivity index (χ3n) is 6.21. The summed E-state index contributed by atoms with van der Waals surface area (Å²) in [6.45, 7) is 2.49. The molecule has 0 aliphatic carbocycles. The smallest absolute Gasteiger partial charge is 0.294 e. The van der Waals surface area contributed by atoms with Crippen LogP contribution in [-0.2, 0) is 20.2 Å². The van der Waals surface area contributed by atoms with Gasteiger partial charge in [0.2, 0.25) is 0 Å². The van der Waals surface area contributed by atoms with E-state index in [0.29, 0.717) is 40.7 Å². The highest BCUT2D eigenvalue weighted by atomic mass is 32.2. The molecule has 0 saturated heterocycles. The molecule has 0 atom stereocenters. The van der Waals surface area contributed by atoms with Crippen LogP contribution in [0.1, 0.15) is 30.1 Å². The lowest BCUT2D eigenvalue weighted by Gasteiger charge is -2.07. The number of aromatic nitrogens is 7. The zero-order chi connectivity index (χ0) is 30.8. The summed E-state index contributed by atoms with van der Waals surface area (Å²) < 4.78 is 66.6. The fourth-order valence-corrected chi connectivity index (χ4v) is 4.92. The maximum Gasteiger partial charge on any atom is 0.294 e. The lowest BCUT2D eigenvalue weighted by atomic mass is 10.1. The van der Waals surface area contributed by atoms with Crippen LogP contribution in [-0.4, -0.2) is 73.4 Å². The number of hydrogen-bond acceptors (Lipinski definition) is 10. The Morgan fingerprint density at radius 1 is 0.744 bits per heavy atom. The van der Waals surface area contributed by atoms with Crippen molar-refractivity contribution in [3.05, 3.63) is 78.6 Å². The van der Waals surface area contributed by atoms with Crippen LogP contribution in [0.15, 0.2) is 82.8 Å². The van der Waals surface area contributed by atoms with Crippen LogP contribution in [0, 0.1) is 0 Å². The highest BCUT2D eigenvalue weighted by Gasteiger charge is 2.18. The fraction of sp³-hybridized carbons (Fsp3) is 0.154. The van der Waals surface area contributed by atoms with Crippen molar-refractivity contribution in [3.63, 3.8) is 0 Å². The molecule has 0 aliphatic rings. The molecule has 5 rings (SSSR count). The number of nitrogens with one attached hydrogen (secondary N) is 1. The molecule has 5 aromatic rings. The molecule has 0 spiro atoms. The minimum absolute atomic E-state index is 0.271. The van der Waals surface area contributed by atoms with E-state index in [1.807, 2.05) is 6.92 Å². The van der Waals surface area contributed by atoms with E-state index in [4.69, 9.17) is 0 Å². The second kappa shape index (κ2) is 11.8. The Kier molecular flexibility index (Phi) is 8.14. The minimum Gasteiger partial charge on any atom is -0.352 e. The van der Waals surface area contributed by atoms with Gasteiger partial charge in [0.25, 0.3) is 26.1 Å². The molecule has 17 heteroatoms. The van der Waals surface area contributed by atoms with Gasteiger partial charge in [0.05, 0.1) is 44.9 Å². The van der Waals surface area contributed by atoms with Crippen molar-refractivity contribution in [2.24, 2.45) is 0 Å². The molecule has 3 heterocycles. The van der Waals surface area contributed by atoms with Crippen LogP contribution in [0.25, 0.3) is 34.2 Å². The first-order valence-corrected chi connectivity index (χ1v) is 15.6. The first-order chi connectivity index (χ1) is 20.4. The number of hydrogen-bond donors (Lipinski definition) is 3. The molecular formula is C26H24N8O7S2. The van der Waals surface area contributed by atoms with Crippen molar-refractivity contribution in [1.82, 2.24) is 40.3 Å². The molecule has 0 aliphatic heterocycles. The molecular weight excluding hydrogens is 600 g/mol. The summed E-state index contributed by atoms with van der Waals surface area (Å²) in [5.41, 5.74) is 2.41. The van der Waals surface area contributed by atoms with Crippen LogP contribution < -0.4 is 5.32 Å². The summed E-state index contributed by atoms with van der Waals surface area (Å²) in [5.74, 6) is -0.334. The van der Waals surface area contributed by atoms with Crippen LogP contribution in [0.2, 0.25) is 0 Å². The van der Waals surface area contributed by atoms with Crippen molar-refractivity contribution in [3.8, 4) is 34.2 Å². The van der Waals surface area contributed by atoms with E-state index >= 15 is 0 Å².